The van der Waals surface area contributed by atoms with Gasteiger partial charge in [-0.25, -0.2) is 0 Å². The van der Waals surface area contributed by atoms with Gasteiger partial charge >= 0.3 is 5.97 Å². The minimum absolute atomic E-state index is 0.177. The fraction of sp³-hybridized carbons (Fsp3) is 0.500. The number of rotatable bonds is 5. The highest BCUT2D eigenvalue weighted by atomic mass is 16.5. The Kier molecular flexibility index (Phi) is 5.49. The quantitative estimate of drug-likeness (QED) is 0.806. The van der Waals surface area contributed by atoms with E-state index < -0.39 is 5.92 Å². The molecule has 0 saturated carbocycles. The van der Waals surface area contributed by atoms with Crippen LogP contribution >= 0.6 is 0 Å². The Labute approximate surface area is 117 Å². The Morgan fingerprint density at radius 3 is 2.50 bits per heavy atom. The van der Waals surface area contributed by atoms with Crippen LogP contribution < -0.4 is 10.9 Å². The van der Waals surface area contributed by atoms with Gasteiger partial charge in [-0.05, 0) is 19.9 Å². The molecule has 110 valence electrons. The summed E-state index contributed by atoms with van der Waals surface area (Å²) in [6, 6.07) is 2.78. The van der Waals surface area contributed by atoms with Gasteiger partial charge in [0.25, 0.3) is 5.91 Å². The molecule has 0 aliphatic heterocycles. The zero-order valence-electron chi connectivity index (χ0n) is 12.2. The number of hydrogen-bond acceptors (Lipinski definition) is 4. The molecule has 1 heterocycles. The highest BCUT2D eigenvalue weighted by Crippen LogP contribution is 2.01. The van der Waals surface area contributed by atoms with E-state index in [4.69, 9.17) is 4.74 Å². The second-order valence-corrected chi connectivity index (χ2v) is 4.96. The number of aromatic nitrogens is 1. The lowest BCUT2D eigenvalue weighted by Crippen LogP contribution is -2.33. The summed E-state index contributed by atoms with van der Waals surface area (Å²) in [5, 5.41) is 2.64. The number of hydrogen-bond donors (Lipinski definition) is 1. The molecule has 0 bridgehead atoms. The van der Waals surface area contributed by atoms with E-state index in [1.807, 2.05) is 0 Å². The van der Waals surface area contributed by atoms with Gasteiger partial charge in [0, 0.05) is 25.9 Å². The van der Waals surface area contributed by atoms with Gasteiger partial charge in [-0.2, -0.15) is 0 Å². The minimum atomic E-state index is -0.422. The second-order valence-electron chi connectivity index (χ2n) is 4.96. The van der Waals surface area contributed by atoms with E-state index in [1.165, 1.54) is 22.9 Å². The lowest BCUT2D eigenvalue weighted by Gasteiger charge is -2.14. The number of aryl methyl sites for hydroxylation is 1. The number of ether oxygens (including phenoxy) is 1. The van der Waals surface area contributed by atoms with Gasteiger partial charge in [0.15, 0.2) is 0 Å². The van der Waals surface area contributed by atoms with Gasteiger partial charge in [-0.1, -0.05) is 6.92 Å². The van der Waals surface area contributed by atoms with Crippen molar-refractivity contribution in [2.75, 3.05) is 6.54 Å². The minimum Gasteiger partial charge on any atom is -0.463 e. The Hall–Kier alpha value is -2.11. The van der Waals surface area contributed by atoms with Crippen molar-refractivity contribution in [3.63, 3.8) is 0 Å². The number of carbonyl (C=O) groups excluding carboxylic acids is 2. The standard InChI is InChI=1S/C14H20N2O4/c1-9(2)20-14(19)10(3)7-15-13(18)11-5-6-12(17)16(4)8-11/h5-6,8-10H,7H2,1-4H3,(H,15,18)/t10-/m0/s1. The molecule has 0 aliphatic rings. The molecular formula is C14H20N2O4. The first-order valence-electron chi connectivity index (χ1n) is 6.46. The molecule has 1 atom stereocenters. The molecule has 1 aromatic rings. The number of esters is 1. The second kappa shape index (κ2) is 6.88. The summed E-state index contributed by atoms with van der Waals surface area (Å²) in [5.74, 6) is -1.10. The zero-order valence-corrected chi connectivity index (χ0v) is 12.2. The average molecular weight is 280 g/mol. The van der Waals surface area contributed by atoms with Crippen LogP contribution in [0.4, 0.5) is 0 Å². The number of amides is 1. The Balaban J connectivity index is 2.56. The van der Waals surface area contributed by atoms with Gasteiger partial charge in [0.2, 0.25) is 5.56 Å². The number of pyridine rings is 1. The van der Waals surface area contributed by atoms with Crippen molar-refractivity contribution in [1.82, 2.24) is 9.88 Å². The molecule has 20 heavy (non-hydrogen) atoms. The SMILES string of the molecule is CC(C)OC(=O)[C@@H](C)CNC(=O)c1ccc(=O)n(C)c1. The summed E-state index contributed by atoms with van der Waals surface area (Å²) in [7, 11) is 1.57. The molecule has 6 heteroatoms. The molecule has 1 N–H and O–H groups in total. The molecule has 0 radical (unpaired) electrons. The summed E-state index contributed by atoms with van der Waals surface area (Å²) < 4.78 is 6.37. The monoisotopic (exact) mass is 280 g/mol. The van der Waals surface area contributed by atoms with E-state index in [0.717, 1.165) is 0 Å². The Bertz CT molecular complexity index is 548. The van der Waals surface area contributed by atoms with Gasteiger partial charge < -0.3 is 14.6 Å². The van der Waals surface area contributed by atoms with E-state index in [2.05, 4.69) is 5.32 Å². The summed E-state index contributed by atoms with van der Waals surface area (Å²) in [6.45, 7) is 5.42. The van der Waals surface area contributed by atoms with Crippen LogP contribution in [0.25, 0.3) is 0 Å². The van der Waals surface area contributed by atoms with Crippen LogP contribution in [0.15, 0.2) is 23.1 Å². The molecular weight excluding hydrogens is 260 g/mol. The van der Waals surface area contributed by atoms with Gasteiger partial charge in [0.05, 0.1) is 17.6 Å². The number of nitrogens with one attached hydrogen (secondary N) is 1. The van der Waals surface area contributed by atoms with Crippen molar-refractivity contribution < 1.29 is 14.3 Å². The topological polar surface area (TPSA) is 77.4 Å². The normalized spacial score (nSPS) is 12.1. The predicted octanol–water partition coefficient (Wildman–Crippen LogP) is 0.703. The third-order valence-electron chi connectivity index (χ3n) is 2.67. The van der Waals surface area contributed by atoms with Gasteiger partial charge in [-0.3, -0.25) is 14.4 Å². The van der Waals surface area contributed by atoms with Crippen LogP contribution in [0, 0.1) is 5.92 Å². The van der Waals surface area contributed by atoms with Gasteiger partial charge in [-0.15, -0.1) is 0 Å². The molecule has 1 aromatic heterocycles. The summed E-state index contributed by atoms with van der Waals surface area (Å²) in [5.41, 5.74) is 0.187. The first-order valence-corrected chi connectivity index (χ1v) is 6.46. The summed E-state index contributed by atoms with van der Waals surface area (Å²) >= 11 is 0. The molecule has 0 fully saturated rings. The first kappa shape index (κ1) is 15.9. The fourth-order valence-corrected chi connectivity index (χ4v) is 1.51. The highest BCUT2D eigenvalue weighted by molar-refractivity contribution is 5.94. The molecule has 0 unspecified atom stereocenters. The zero-order chi connectivity index (χ0) is 15.3. The third-order valence-corrected chi connectivity index (χ3v) is 2.67. The van der Waals surface area contributed by atoms with Crippen LogP contribution in [0.5, 0.6) is 0 Å². The smallest absolute Gasteiger partial charge is 0.310 e. The van der Waals surface area contributed by atoms with Gasteiger partial charge in [0.1, 0.15) is 0 Å². The van der Waals surface area contributed by atoms with Crippen LogP contribution in [0.3, 0.4) is 0 Å². The summed E-state index contributed by atoms with van der Waals surface area (Å²) in [6.07, 6.45) is 1.28. The average Bonchev–Trinajstić information content (AvgIpc) is 2.37. The molecule has 1 amide bonds. The maximum absolute atomic E-state index is 11.9. The van der Waals surface area contributed by atoms with Crippen molar-refractivity contribution in [3.8, 4) is 0 Å². The molecule has 0 saturated heterocycles. The maximum Gasteiger partial charge on any atom is 0.310 e. The third kappa shape index (κ3) is 4.53. The lowest BCUT2D eigenvalue weighted by molar-refractivity contribution is -0.151. The lowest BCUT2D eigenvalue weighted by atomic mass is 10.1. The highest BCUT2D eigenvalue weighted by Gasteiger charge is 2.17. The van der Waals surface area contributed by atoms with E-state index in [-0.39, 0.29) is 30.1 Å². The largest absolute Gasteiger partial charge is 0.463 e. The molecule has 0 aliphatic carbocycles. The van der Waals surface area contributed by atoms with Crippen molar-refractivity contribution in [1.29, 1.82) is 0 Å². The van der Waals surface area contributed by atoms with Crippen LogP contribution in [-0.4, -0.2) is 29.1 Å². The van der Waals surface area contributed by atoms with Crippen molar-refractivity contribution >= 4 is 11.9 Å². The van der Waals surface area contributed by atoms with E-state index in [0.29, 0.717) is 5.56 Å². The van der Waals surface area contributed by atoms with Crippen molar-refractivity contribution in [3.05, 3.63) is 34.2 Å². The van der Waals surface area contributed by atoms with Crippen LogP contribution in [0.1, 0.15) is 31.1 Å². The molecule has 1 rings (SSSR count). The van der Waals surface area contributed by atoms with Crippen LogP contribution in [0.2, 0.25) is 0 Å². The van der Waals surface area contributed by atoms with E-state index in [9.17, 15) is 14.4 Å². The molecule has 0 aromatic carbocycles. The Morgan fingerprint density at radius 2 is 1.95 bits per heavy atom. The predicted molar refractivity (Wildman–Crippen MR) is 74.4 cm³/mol. The van der Waals surface area contributed by atoms with Crippen molar-refractivity contribution in [2.24, 2.45) is 13.0 Å². The van der Waals surface area contributed by atoms with Crippen molar-refractivity contribution in [2.45, 2.75) is 26.9 Å². The summed E-state index contributed by atoms with van der Waals surface area (Å²) in [4.78, 5) is 34.7. The number of nitrogens with zero attached hydrogens (tertiary/aromatic N) is 1. The first-order chi connectivity index (χ1) is 9.31. The molecule has 0 spiro atoms. The molecule has 6 nitrogen and oxygen atoms in total. The maximum atomic E-state index is 11.9. The van der Waals surface area contributed by atoms with E-state index >= 15 is 0 Å². The Morgan fingerprint density at radius 1 is 1.30 bits per heavy atom. The van der Waals surface area contributed by atoms with Crippen LogP contribution in [-0.2, 0) is 16.6 Å². The number of carbonyl (C=O) groups is 2. The fourth-order valence-electron chi connectivity index (χ4n) is 1.51. The van der Waals surface area contributed by atoms with E-state index in [1.54, 1.807) is 27.8 Å².